The van der Waals surface area contributed by atoms with Gasteiger partial charge in [-0.25, -0.2) is 0 Å². The van der Waals surface area contributed by atoms with Crippen molar-refractivity contribution in [3.8, 4) is 16.9 Å². The molecule has 1 aromatic heterocycles. The van der Waals surface area contributed by atoms with Crippen LogP contribution in [-0.4, -0.2) is 29.0 Å². The van der Waals surface area contributed by atoms with E-state index in [9.17, 15) is 14.7 Å². The number of rotatable bonds is 7. The number of carbonyl (C=O) groups is 2. The molecule has 30 heavy (non-hydrogen) atoms. The van der Waals surface area contributed by atoms with E-state index in [1.165, 1.54) is 0 Å². The number of hydrogen-bond acceptors (Lipinski definition) is 3. The van der Waals surface area contributed by atoms with Gasteiger partial charge in [-0.15, -0.1) is 0 Å². The zero-order valence-electron chi connectivity index (χ0n) is 16.5. The summed E-state index contributed by atoms with van der Waals surface area (Å²) < 4.78 is 5.40. The Balaban J connectivity index is 1.58. The molecule has 0 radical (unpaired) electrons. The van der Waals surface area contributed by atoms with Crippen LogP contribution in [0, 0.1) is 0 Å². The van der Waals surface area contributed by atoms with Gasteiger partial charge in [0.1, 0.15) is 5.75 Å². The molecule has 5 nitrogen and oxygen atoms in total. The van der Waals surface area contributed by atoms with E-state index in [1.807, 2.05) is 60.7 Å². The van der Waals surface area contributed by atoms with E-state index in [1.54, 1.807) is 25.4 Å². The lowest BCUT2D eigenvalue weighted by Crippen LogP contribution is -2.16. The predicted octanol–water partition coefficient (Wildman–Crippen LogP) is 5.28. The summed E-state index contributed by atoms with van der Waals surface area (Å²) in [5.41, 5.74) is 3.82. The molecule has 1 heterocycles. The van der Waals surface area contributed by atoms with Gasteiger partial charge in [0.25, 0.3) is 0 Å². The Morgan fingerprint density at radius 2 is 1.67 bits per heavy atom. The summed E-state index contributed by atoms with van der Waals surface area (Å²) >= 11 is 0. The topological polar surface area (TPSA) is 79.4 Å². The van der Waals surface area contributed by atoms with Crippen molar-refractivity contribution < 1.29 is 19.4 Å². The molecule has 0 saturated carbocycles. The van der Waals surface area contributed by atoms with Crippen LogP contribution in [0.1, 0.15) is 28.3 Å². The number of nitrogens with one attached hydrogen (secondary N) is 1. The first-order valence-electron chi connectivity index (χ1n) is 9.64. The van der Waals surface area contributed by atoms with Gasteiger partial charge in [0.15, 0.2) is 5.78 Å². The highest BCUT2D eigenvalue weighted by atomic mass is 16.5. The molecular formula is C25H21NO4. The van der Waals surface area contributed by atoms with Crippen LogP contribution in [0.2, 0.25) is 0 Å². The highest BCUT2D eigenvalue weighted by Gasteiger charge is 2.26. The smallest absolute Gasteiger partial charge is 0.311 e. The third kappa shape index (κ3) is 3.70. The third-order valence-corrected chi connectivity index (χ3v) is 5.31. The summed E-state index contributed by atoms with van der Waals surface area (Å²) in [6, 6.07) is 22.3. The molecule has 150 valence electrons. The lowest BCUT2D eigenvalue weighted by Gasteiger charge is -2.12. The highest BCUT2D eigenvalue weighted by Crippen LogP contribution is 2.31. The highest BCUT2D eigenvalue weighted by molar-refractivity contribution is 6.00. The maximum Gasteiger partial charge on any atom is 0.311 e. The zero-order chi connectivity index (χ0) is 21.1. The van der Waals surface area contributed by atoms with Crippen molar-refractivity contribution in [1.29, 1.82) is 0 Å². The third-order valence-electron chi connectivity index (χ3n) is 5.31. The number of ether oxygens (including phenoxy) is 1. The standard InChI is InChI=1S/C25H21NO4/c1-30-24-9-5-3-6-18(24)16-10-12-17(13-11-16)23(27)14-20(25(28)29)21-15-26-22-8-4-2-7-19(21)22/h2-13,15,20,26H,14H2,1H3,(H,28,29). The maximum absolute atomic E-state index is 12.9. The van der Waals surface area contributed by atoms with Crippen molar-refractivity contribution in [3.05, 3.63) is 90.1 Å². The van der Waals surface area contributed by atoms with Gasteiger partial charge >= 0.3 is 5.97 Å². The molecule has 0 amide bonds. The fraction of sp³-hybridized carbons (Fsp3) is 0.120. The summed E-state index contributed by atoms with van der Waals surface area (Å²) in [4.78, 5) is 27.9. The number of Topliss-reactive ketones (excluding diaryl/α,β-unsaturated/α-hetero) is 1. The monoisotopic (exact) mass is 399 g/mol. The van der Waals surface area contributed by atoms with Crippen LogP contribution in [-0.2, 0) is 4.79 Å². The van der Waals surface area contributed by atoms with E-state index in [-0.39, 0.29) is 12.2 Å². The molecule has 0 saturated heterocycles. The van der Waals surface area contributed by atoms with E-state index >= 15 is 0 Å². The number of benzene rings is 3. The Hall–Kier alpha value is -3.86. The van der Waals surface area contributed by atoms with Crippen LogP contribution in [0.5, 0.6) is 5.75 Å². The van der Waals surface area contributed by atoms with E-state index in [0.717, 1.165) is 27.8 Å². The average Bonchev–Trinajstić information content (AvgIpc) is 3.21. The summed E-state index contributed by atoms with van der Waals surface area (Å²) in [5.74, 6) is -1.39. The van der Waals surface area contributed by atoms with Gasteiger partial charge in [-0.1, -0.05) is 60.7 Å². The van der Waals surface area contributed by atoms with Gasteiger partial charge in [-0.2, -0.15) is 0 Å². The van der Waals surface area contributed by atoms with E-state index in [2.05, 4.69) is 4.98 Å². The maximum atomic E-state index is 12.9. The summed E-state index contributed by atoms with van der Waals surface area (Å²) in [6.07, 6.45) is 1.58. The van der Waals surface area contributed by atoms with Crippen LogP contribution in [0.15, 0.2) is 79.0 Å². The first-order valence-corrected chi connectivity index (χ1v) is 9.64. The number of hydrogen-bond donors (Lipinski definition) is 2. The minimum absolute atomic E-state index is 0.106. The molecule has 0 aliphatic carbocycles. The molecule has 0 bridgehead atoms. The number of carboxylic acids is 1. The van der Waals surface area contributed by atoms with Gasteiger partial charge in [-0.05, 0) is 23.3 Å². The first-order chi connectivity index (χ1) is 14.6. The number of methoxy groups -OCH3 is 1. The Morgan fingerprint density at radius 3 is 2.40 bits per heavy atom. The number of aromatic amines is 1. The van der Waals surface area contributed by atoms with Crippen molar-refractivity contribution >= 4 is 22.7 Å². The van der Waals surface area contributed by atoms with Gasteiger partial charge in [0.05, 0.1) is 13.0 Å². The van der Waals surface area contributed by atoms with E-state index in [0.29, 0.717) is 11.1 Å². The summed E-state index contributed by atoms with van der Waals surface area (Å²) in [5, 5.41) is 10.6. The van der Waals surface area contributed by atoms with Gasteiger partial charge in [0, 0.05) is 34.6 Å². The van der Waals surface area contributed by atoms with E-state index in [4.69, 9.17) is 4.74 Å². The predicted molar refractivity (Wildman–Crippen MR) is 116 cm³/mol. The van der Waals surface area contributed by atoms with Crippen molar-refractivity contribution in [3.63, 3.8) is 0 Å². The van der Waals surface area contributed by atoms with Crippen molar-refractivity contribution in [2.75, 3.05) is 7.11 Å². The largest absolute Gasteiger partial charge is 0.496 e. The second-order valence-corrected chi connectivity index (χ2v) is 7.09. The van der Waals surface area contributed by atoms with Crippen molar-refractivity contribution in [1.82, 2.24) is 4.98 Å². The number of para-hydroxylation sites is 2. The minimum Gasteiger partial charge on any atom is -0.496 e. The fourth-order valence-electron chi connectivity index (χ4n) is 3.73. The Bertz CT molecular complexity index is 1210. The molecule has 0 fully saturated rings. The lowest BCUT2D eigenvalue weighted by molar-refractivity contribution is -0.138. The molecule has 0 spiro atoms. The molecule has 0 aliphatic heterocycles. The molecule has 4 rings (SSSR count). The van der Waals surface area contributed by atoms with Gasteiger partial charge in [-0.3, -0.25) is 9.59 Å². The fourth-order valence-corrected chi connectivity index (χ4v) is 3.73. The molecular weight excluding hydrogens is 378 g/mol. The Labute approximate surface area is 173 Å². The number of ketones is 1. The number of carboxylic acid groups (broad SMARTS) is 1. The molecule has 1 atom stereocenters. The van der Waals surface area contributed by atoms with E-state index < -0.39 is 11.9 Å². The number of fused-ring (bicyclic) bond motifs is 1. The van der Waals surface area contributed by atoms with Gasteiger partial charge in [0.2, 0.25) is 0 Å². The number of carbonyl (C=O) groups excluding carboxylic acids is 1. The van der Waals surface area contributed by atoms with Crippen LogP contribution in [0.3, 0.4) is 0 Å². The van der Waals surface area contributed by atoms with Crippen LogP contribution in [0.25, 0.3) is 22.0 Å². The molecule has 0 aliphatic rings. The summed E-state index contributed by atoms with van der Waals surface area (Å²) in [7, 11) is 1.62. The van der Waals surface area contributed by atoms with Crippen molar-refractivity contribution in [2.24, 2.45) is 0 Å². The Kier molecular flexibility index (Phi) is 5.35. The van der Waals surface area contributed by atoms with Crippen LogP contribution < -0.4 is 4.74 Å². The molecule has 5 heteroatoms. The van der Waals surface area contributed by atoms with Crippen LogP contribution in [0.4, 0.5) is 0 Å². The number of aromatic nitrogens is 1. The minimum atomic E-state index is -1.02. The number of aliphatic carboxylic acids is 1. The zero-order valence-corrected chi connectivity index (χ0v) is 16.5. The quantitative estimate of drug-likeness (QED) is 0.414. The second-order valence-electron chi connectivity index (χ2n) is 7.09. The first kappa shape index (κ1) is 19.5. The van der Waals surface area contributed by atoms with Crippen LogP contribution >= 0.6 is 0 Å². The molecule has 3 aromatic carbocycles. The number of H-pyrrole nitrogens is 1. The molecule has 4 aromatic rings. The van der Waals surface area contributed by atoms with Crippen molar-refractivity contribution in [2.45, 2.75) is 12.3 Å². The summed E-state index contributed by atoms with van der Waals surface area (Å²) in [6.45, 7) is 0. The lowest BCUT2D eigenvalue weighted by atomic mass is 9.91. The molecule has 2 N–H and O–H groups in total. The normalized spacial score (nSPS) is 11.9. The second kappa shape index (κ2) is 8.25. The molecule has 1 unspecified atom stereocenters. The van der Waals surface area contributed by atoms with Gasteiger partial charge < -0.3 is 14.8 Å². The Morgan fingerprint density at radius 1 is 0.967 bits per heavy atom. The average molecular weight is 399 g/mol. The SMILES string of the molecule is COc1ccccc1-c1ccc(C(=O)CC(C(=O)O)c2c[nH]c3ccccc23)cc1.